The highest BCUT2D eigenvalue weighted by Gasteiger charge is 2.28. The number of pyridine rings is 1. The Labute approximate surface area is 146 Å². The highest BCUT2D eigenvalue weighted by Crippen LogP contribution is 2.27. The van der Waals surface area contributed by atoms with Gasteiger partial charge in [0.2, 0.25) is 0 Å². The Balaban J connectivity index is 1.73. The largest absolute Gasteiger partial charge is 0.488 e. The van der Waals surface area contributed by atoms with Gasteiger partial charge in [0.05, 0.1) is 12.1 Å². The fourth-order valence-electron chi connectivity index (χ4n) is 2.90. The van der Waals surface area contributed by atoms with Crippen molar-refractivity contribution in [1.82, 2.24) is 9.88 Å². The highest BCUT2D eigenvalue weighted by molar-refractivity contribution is 5.84. The molecule has 0 spiro atoms. The zero-order valence-corrected chi connectivity index (χ0v) is 14.8. The van der Waals surface area contributed by atoms with Crippen molar-refractivity contribution in [2.75, 3.05) is 13.1 Å². The van der Waals surface area contributed by atoms with Crippen LogP contribution in [0.15, 0.2) is 30.5 Å². The second-order valence-electron chi connectivity index (χ2n) is 7.28. The molecule has 1 fully saturated rings. The second kappa shape index (κ2) is 6.86. The van der Waals surface area contributed by atoms with E-state index in [2.05, 4.69) is 4.98 Å². The van der Waals surface area contributed by atoms with Gasteiger partial charge in [-0.2, -0.15) is 0 Å². The number of piperidine rings is 1. The van der Waals surface area contributed by atoms with Gasteiger partial charge in [0.25, 0.3) is 0 Å². The van der Waals surface area contributed by atoms with E-state index in [1.165, 1.54) is 12.1 Å². The molecule has 1 aromatic carbocycles. The van der Waals surface area contributed by atoms with Crippen molar-refractivity contribution in [3.63, 3.8) is 0 Å². The minimum Gasteiger partial charge on any atom is -0.488 e. The van der Waals surface area contributed by atoms with Crippen molar-refractivity contribution < 1.29 is 18.7 Å². The summed E-state index contributed by atoms with van der Waals surface area (Å²) in [6, 6.07) is 6.16. The predicted molar refractivity (Wildman–Crippen MR) is 93.2 cm³/mol. The van der Waals surface area contributed by atoms with Gasteiger partial charge in [-0.1, -0.05) is 0 Å². The average molecular weight is 346 g/mol. The van der Waals surface area contributed by atoms with Crippen molar-refractivity contribution in [2.24, 2.45) is 0 Å². The molecule has 2 aromatic rings. The number of nitrogens with zero attached hydrogens (tertiary/aromatic N) is 2. The molecule has 1 aliphatic heterocycles. The zero-order chi connectivity index (χ0) is 18.0. The minimum atomic E-state index is -0.524. The summed E-state index contributed by atoms with van der Waals surface area (Å²) in [5.41, 5.74) is 0.155. The Hall–Kier alpha value is -2.37. The lowest BCUT2D eigenvalue weighted by Crippen LogP contribution is -2.46. The summed E-state index contributed by atoms with van der Waals surface area (Å²) in [6.45, 7) is 6.65. The van der Waals surface area contributed by atoms with Crippen LogP contribution in [-0.4, -0.2) is 40.8 Å². The Kier molecular flexibility index (Phi) is 4.79. The SMILES string of the molecule is CC(C)(C)OC(=O)N1CCCC(Oc2ccnc3ccc(F)cc23)C1. The zero-order valence-electron chi connectivity index (χ0n) is 14.8. The van der Waals surface area contributed by atoms with Crippen LogP contribution in [0.2, 0.25) is 0 Å². The molecule has 5 nitrogen and oxygen atoms in total. The van der Waals surface area contributed by atoms with Crippen LogP contribution in [0.4, 0.5) is 9.18 Å². The Morgan fingerprint density at radius 2 is 2.12 bits per heavy atom. The molecule has 25 heavy (non-hydrogen) atoms. The van der Waals surface area contributed by atoms with E-state index in [1.54, 1.807) is 23.2 Å². The molecule has 1 amide bonds. The maximum Gasteiger partial charge on any atom is 0.410 e. The number of halogens is 1. The first-order chi connectivity index (χ1) is 11.8. The molecule has 1 unspecified atom stereocenters. The number of carbonyl (C=O) groups is 1. The molecule has 0 aliphatic carbocycles. The molecular formula is C19H23FN2O3. The number of ether oxygens (including phenoxy) is 2. The smallest absolute Gasteiger partial charge is 0.410 e. The minimum absolute atomic E-state index is 0.157. The third-order valence-electron chi connectivity index (χ3n) is 3.99. The van der Waals surface area contributed by atoms with Crippen LogP contribution < -0.4 is 4.74 Å². The van der Waals surface area contributed by atoms with E-state index >= 15 is 0 Å². The van der Waals surface area contributed by atoms with Crippen LogP contribution in [-0.2, 0) is 4.74 Å². The first kappa shape index (κ1) is 17.5. The Morgan fingerprint density at radius 1 is 1.32 bits per heavy atom. The van der Waals surface area contributed by atoms with Crippen molar-refractivity contribution in [3.8, 4) is 5.75 Å². The number of fused-ring (bicyclic) bond motifs is 1. The fraction of sp³-hybridized carbons (Fsp3) is 0.474. The highest BCUT2D eigenvalue weighted by atomic mass is 19.1. The second-order valence-corrected chi connectivity index (χ2v) is 7.28. The summed E-state index contributed by atoms with van der Waals surface area (Å²) >= 11 is 0. The lowest BCUT2D eigenvalue weighted by Gasteiger charge is -2.34. The van der Waals surface area contributed by atoms with Gasteiger partial charge < -0.3 is 14.4 Å². The first-order valence-corrected chi connectivity index (χ1v) is 8.51. The van der Waals surface area contributed by atoms with Crippen LogP contribution in [0.25, 0.3) is 10.9 Å². The molecule has 3 rings (SSSR count). The number of hydrogen-bond acceptors (Lipinski definition) is 4. The maximum absolute atomic E-state index is 13.6. The van der Waals surface area contributed by atoms with Gasteiger partial charge in [0.1, 0.15) is 23.3 Å². The maximum atomic E-state index is 13.6. The molecule has 0 bridgehead atoms. The standard InChI is InChI=1S/C19H23FN2O3/c1-19(2,3)25-18(23)22-10-4-5-14(12-22)24-17-8-9-21-16-7-6-13(20)11-15(16)17/h6-9,11,14H,4-5,10,12H2,1-3H3. The van der Waals surface area contributed by atoms with Crippen molar-refractivity contribution in [1.29, 1.82) is 0 Å². The summed E-state index contributed by atoms with van der Waals surface area (Å²) in [6.07, 6.45) is 2.82. The van der Waals surface area contributed by atoms with Gasteiger partial charge in [0.15, 0.2) is 0 Å². The van der Waals surface area contributed by atoms with E-state index in [0.717, 1.165) is 12.8 Å². The number of carbonyl (C=O) groups excluding carboxylic acids is 1. The number of hydrogen-bond donors (Lipinski definition) is 0. The molecule has 0 saturated carbocycles. The van der Waals surface area contributed by atoms with Crippen molar-refractivity contribution in [3.05, 3.63) is 36.3 Å². The lowest BCUT2D eigenvalue weighted by molar-refractivity contribution is 0.00793. The van der Waals surface area contributed by atoms with E-state index in [1.807, 2.05) is 20.8 Å². The number of benzene rings is 1. The summed E-state index contributed by atoms with van der Waals surface area (Å²) in [7, 11) is 0. The van der Waals surface area contributed by atoms with Crippen LogP contribution in [0.5, 0.6) is 5.75 Å². The molecule has 1 aromatic heterocycles. The third-order valence-corrected chi connectivity index (χ3v) is 3.99. The third kappa shape index (κ3) is 4.38. The summed E-state index contributed by atoms with van der Waals surface area (Å²) < 4.78 is 25.1. The lowest BCUT2D eigenvalue weighted by atomic mass is 10.1. The van der Waals surface area contributed by atoms with E-state index in [0.29, 0.717) is 29.7 Å². The molecule has 0 N–H and O–H groups in total. The van der Waals surface area contributed by atoms with E-state index in [-0.39, 0.29) is 18.0 Å². The van der Waals surface area contributed by atoms with Crippen molar-refractivity contribution in [2.45, 2.75) is 45.3 Å². The first-order valence-electron chi connectivity index (χ1n) is 8.51. The number of likely N-dealkylation sites (tertiary alicyclic amines) is 1. The number of amides is 1. The van der Waals surface area contributed by atoms with E-state index in [9.17, 15) is 9.18 Å². The summed E-state index contributed by atoms with van der Waals surface area (Å²) in [5, 5.41) is 0.636. The molecule has 1 saturated heterocycles. The molecule has 134 valence electrons. The number of rotatable bonds is 2. The molecule has 2 heterocycles. The van der Waals surface area contributed by atoms with Gasteiger partial charge in [-0.15, -0.1) is 0 Å². The summed E-state index contributed by atoms with van der Waals surface area (Å²) in [4.78, 5) is 18.2. The normalized spacial score (nSPS) is 18.2. The average Bonchev–Trinajstić information content (AvgIpc) is 2.54. The van der Waals surface area contributed by atoms with Gasteiger partial charge in [0, 0.05) is 18.1 Å². The summed E-state index contributed by atoms with van der Waals surface area (Å²) in [5.74, 6) is 0.255. The van der Waals surface area contributed by atoms with E-state index in [4.69, 9.17) is 9.47 Å². The van der Waals surface area contributed by atoms with Crippen LogP contribution in [0, 0.1) is 5.82 Å². The van der Waals surface area contributed by atoms with Gasteiger partial charge in [-0.25, -0.2) is 9.18 Å². The molecule has 0 radical (unpaired) electrons. The molecule has 1 aliphatic rings. The Bertz CT molecular complexity index is 773. The molecule has 1 atom stereocenters. The predicted octanol–water partition coefficient (Wildman–Crippen LogP) is 4.15. The van der Waals surface area contributed by atoms with Crippen molar-refractivity contribution >= 4 is 17.0 Å². The monoisotopic (exact) mass is 346 g/mol. The molecule has 6 heteroatoms. The molecular weight excluding hydrogens is 323 g/mol. The number of aromatic nitrogens is 1. The van der Waals surface area contributed by atoms with Crippen LogP contribution in [0.1, 0.15) is 33.6 Å². The van der Waals surface area contributed by atoms with Crippen LogP contribution >= 0.6 is 0 Å². The van der Waals surface area contributed by atoms with Gasteiger partial charge in [-0.3, -0.25) is 4.98 Å². The van der Waals surface area contributed by atoms with Gasteiger partial charge in [-0.05, 0) is 57.9 Å². The Morgan fingerprint density at radius 3 is 2.88 bits per heavy atom. The van der Waals surface area contributed by atoms with Gasteiger partial charge >= 0.3 is 6.09 Å². The topological polar surface area (TPSA) is 51.7 Å². The quantitative estimate of drug-likeness (QED) is 0.820. The van der Waals surface area contributed by atoms with Crippen LogP contribution in [0.3, 0.4) is 0 Å². The van der Waals surface area contributed by atoms with E-state index < -0.39 is 5.60 Å². The fourth-order valence-corrected chi connectivity index (χ4v) is 2.90.